The largest absolute Gasteiger partial charge is 0.504 e. The number of carbonyl (C=O) groups excluding carboxylic acids is 1. The Labute approximate surface area is 87.3 Å². The van der Waals surface area contributed by atoms with E-state index >= 15 is 0 Å². The smallest absolute Gasteiger partial charge is 0.266 e. The van der Waals surface area contributed by atoms with Crippen LogP contribution in [0.5, 0.6) is 5.75 Å². The summed E-state index contributed by atoms with van der Waals surface area (Å²) in [5, 5.41) is 7.51. The molecule has 0 aliphatic carbocycles. The Morgan fingerprint density at radius 2 is 2.14 bits per heavy atom. The molecule has 0 atom stereocenters. The minimum Gasteiger partial charge on any atom is -0.504 e. The van der Waals surface area contributed by atoms with E-state index in [-0.39, 0.29) is 0 Å². The summed E-state index contributed by atoms with van der Waals surface area (Å²) in [6, 6.07) is 0. The van der Waals surface area contributed by atoms with E-state index in [9.17, 15) is 13.6 Å². The average molecular weight is 242 g/mol. The molecule has 0 aliphatic heterocycles. The Morgan fingerprint density at radius 1 is 1.57 bits per heavy atom. The molecule has 0 radical (unpaired) electrons. The summed E-state index contributed by atoms with van der Waals surface area (Å²) in [5.74, 6) is -0.829. The van der Waals surface area contributed by atoms with Gasteiger partial charge in [-0.1, -0.05) is 11.6 Å². The van der Waals surface area contributed by atoms with E-state index < -0.39 is 33.7 Å². The molecular weight excluding hydrogens is 239 g/mol. The lowest BCUT2D eigenvalue weighted by atomic mass is 10.1. The van der Waals surface area contributed by atoms with Gasteiger partial charge in [0.2, 0.25) is 0 Å². The van der Waals surface area contributed by atoms with Gasteiger partial charge in [-0.2, -0.15) is 0 Å². The van der Waals surface area contributed by atoms with Crippen molar-refractivity contribution in [2.75, 3.05) is 0 Å². The zero-order valence-corrected chi connectivity index (χ0v) is 7.98. The van der Waals surface area contributed by atoms with E-state index in [0.29, 0.717) is 6.20 Å². The summed E-state index contributed by atoms with van der Waals surface area (Å²) >= 11 is 10.3. The zero-order chi connectivity index (χ0) is 10.9. The van der Waals surface area contributed by atoms with Crippen molar-refractivity contribution >= 4 is 28.4 Å². The minimum atomic E-state index is -2.96. The van der Waals surface area contributed by atoms with Crippen LogP contribution in [0, 0.1) is 0 Å². The number of nitrogens with zero attached hydrogens (tertiary/aromatic N) is 1. The van der Waals surface area contributed by atoms with Crippen LogP contribution in [0.15, 0.2) is 6.20 Å². The van der Waals surface area contributed by atoms with Crippen molar-refractivity contribution in [2.24, 2.45) is 0 Å². The van der Waals surface area contributed by atoms with Crippen molar-refractivity contribution in [3.05, 3.63) is 22.5 Å². The fourth-order valence-corrected chi connectivity index (χ4v) is 1.21. The topological polar surface area (TPSA) is 50.2 Å². The molecule has 76 valence electrons. The highest BCUT2D eigenvalue weighted by Gasteiger charge is 2.23. The second-order valence-electron chi connectivity index (χ2n) is 2.30. The number of alkyl halides is 2. The molecule has 1 aromatic rings. The lowest BCUT2D eigenvalue weighted by molar-refractivity contribution is 0.106. The zero-order valence-electron chi connectivity index (χ0n) is 6.47. The van der Waals surface area contributed by atoms with Crippen LogP contribution in [0.2, 0.25) is 5.15 Å². The van der Waals surface area contributed by atoms with E-state index in [1.54, 1.807) is 0 Å². The Balaban J connectivity index is 3.45. The monoisotopic (exact) mass is 241 g/mol. The van der Waals surface area contributed by atoms with Crippen LogP contribution >= 0.6 is 23.2 Å². The first kappa shape index (κ1) is 11.1. The van der Waals surface area contributed by atoms with Crippen molar-refractivity contribution in [3.63, 3.8) is 0 Å². The summed E-state index contributed by atoms with van der Waals surface area (Å²) in [6.07, 6.45) is -2.26. The summed E-state index contributed by atoms with van der Waals surface area (Å²) in [6.45, 7) is 0. The molecule has 7 heteroatoms. The second kappa shape index (κ2) is 4.06. The van der Waals surface area contributed by atoms with E-state index in [2.05, 4.69) is 4.98 Å². The van der Waals surface area contributed by atoms with Crippen LogP contribution < -0.4 is 0 Å². The molecule has 1 heterocycles. The lowest BCUT2D eigenvalue weighted by Crippen LogP contribution is -2.00. The molecule has 0 spiro atoms. The van der Waals surface area contributed by atoms with Gasteiger partial charge in [-0.15, -0.1) is 0 Å². The maximum Gasteiger partial charge on any atom is 0.266 e. The normalized spacial score (nSPS) is 10.6. The highest BCUT2D eigenvalue weighted by Crippen LogP contribution is 2.33. The molecule has 1 rings (SSSR count). The summed E-state index contributed by atoms with van der Waals surface area (Å²) in [5.41, 5.74) is -1.45. The molecule has 0 aliphatic rings. The maximum absolute atomic E-state index is 12.3. The van der Waals surface area contributed by atoms with Crippen LogP contribution in [0.3, 0.4) is 0 Å². The standard InChI is InChI=1S/C7H3Cl2F2NO2/c8-5-4(13)3(6(9)14)2(1-12-5)7(10)11/h1,7,13H. The third kappa shape index (κ3) is 1.93. The van der Waals surface area contributed by atoms with Crippen molar-refractivity contribution in [1.29, 1.82) is 0 Å². The summed E-state index contributed by atoms with van der Waals surface area (Å²) in [4.78, 5) is 14.0. The van der Waals surface area contributed by atoms with Gasteiger partial charge in [0, 0.05) is 6.20 Å². The van der Waals surface area contributed by atoms with Crippen LogP contribution in [0.25, 0.3) is 0 Å². The Bertz CT molecular complexity index is 384. The highest BCUT2D eigenvalue weighted by molar-refractivity contribution is 6.68. The van der Waals surface area contributed by atoms with E-state index in [1.807, 2.05) is 0 Å². The molecule has 3 nitrogen and oxygen atoms in total. The number of hydrogen-bond acceptors (Lipinski definition) is 3. The second-order valence-corrected chi connectivity index (χ2v) is 3.00. The van der Waals surface area contributed by atoms with Gasteiger partial charge in [0.25, 0.3) is 11.7 Å². The van der Waals surface area contributed by atoms with Gasteiger partial charge < -0.3 is 5.11 Å². The fraction of sp³-hybridized carbons (Fsp3) is 0.143. The van der Waals surface area contributed by atoms with Crippen molar-refractivity contribution in [3.8, 4) is 5.75 Å². The van der Waals surface area contributed by atoms with Crippen LogP contribution in [-0.2, 0) is 0 Å². The fourth-order valence-electron chi connectivity index (χ4n) is 0.864. The number of aromatic nitrogens is 1. The number of pyridine rings is 1. The Hall–Kier alpha value is -0.940. The molecule has 14 heavy (non-hydrogen) atoms. The molecule has 0 amide bonds. The van der Waals surface area contributed by atoms with Gasteiger partial charge in [0.05, 0.1) is 11.1 Å². The van der Waals surface area contributed by atoms with Gasteiger partial charge in [-0.3, -0.25) is 4.79 Å². The van der Waals surface area contributed by atoms with Gasteiger partial charge >= 0.3 is 0 Å². The molecule has 0 saturated carbocycles. The lowest BCUT2D eigenvalue weighted by Gasteiger charge is -2.06. The summed E-state index contributed by atoms with van der Waals surface area (Å²) < 4.78 is 24.6. The minimum absolute atomic E-state index is 0.446. The van der Waals surface area contributed by atoms with Gasteiger partial charge in [-0.25, -0.2) is 13.8 Å². The van der Waals surface area contributed by atoms with Crippen molar-refractivity contribution in [1.82, 2.24) is 4.98 Å². The number of halogens is 4. The van der Waals surface area contributed by atoms with Crippen molar-refractivity contribution < 1.29 is 18.7 Å². The third-order valence-corrected chi connectivity index (χ3v) is 1.94. The molecular formula is C7H3Cl2F2NO2. The number of rotatable bonds is 2. The van der Waals surface area contributed by atoms with E-state index in [1.165, 1.54) is 0 Å². The number of hydrogen-bond donors (Lipinski definition) is 1. The van der Waals surface area contributed by atoms with Crippen LogP contribution in [-0.4, -0.2) is 15.3 Å². The molecule has 0 aromatic carbocycles. The molecule has 1 aromatic heterocycles. The van der Waals surface area contributed by atoms with E-state index in [4.69, 9.17) is 28.3 Å². The molecule has 0 fully saturated rings. The van der Waals surface area contributed by atoms with E-state index in [0.717, 1.165) is 0 Å². The number of aromatic hydroxyl groups is 1. The first-order valence-corrected chi connectivity index (χ1v) is 4.06. The molecule has 0 unspecified atom stereocenters. The first-order valence-electron chi connectivity index (χ1n) is 3.30. The van der Waals surface area contributed by atoms with Gasteiger partial charge in [-0.05, 0) is 11.6 Å². The van der Waals surface area contributed by atoms with Crippen molar-refractivity contribution in [2.45, 2.75) is 6.43 Å². The SMILES string of the molecule is O=C(Cl)c1c(C(F)F)cnc(Cl)c1O. The predicted octanol–water partition coefficient (Wildman–Crippen LogP) is 2.76. The molecule has 0 bridgehead atoms. The third-order valence-electron chi connectivity index (χ3n) is 1.47. The Kier molecular flexibility index (Phi) is 3.23. The average Bonchev–Trinajstić information content (AvgIpc) is 2.08. The highest BCUT2D eigenvalue weighted by atomic mass is 35.5. The van der Waals surface area contributed by atoms with Gasteiger partial charge in [0.1, 0.15) is 0 Å². The summed E-state index contributed by atoms with van der Waals surface area (Å²) in [7, 11) is 0. The molecule has 0 saturated heterocycles. The first-order chi connectivity index (χ1) is 6.45. The van der Waals surface area contributed by atoms with Crippen LogP contribution in [0.4, 0.5) is 8.78 Å². The van der Waals surface area contributed by atoms with Gasteiger partial charge in [0.15, 0.2) is 10.9 Å². The Morgan fingerprint density at radius 3 is 2.57 bits per heavy atom. The molecule has 1 N–H and O–H groups in total. The quantitative estimate of drug-likeness (QED) is 0.640. The number of carbonyl (C=O) groups is 1. The predicted molar refractivity (Wildman–Crippen MR) is 46.1 cm³/mol. The van der Waals surface area contributed by atoms with Crippen LogP contribution in [0.1, 0.15) is 22.3 Å². The maximum atomic E-state index is 12.3.